The lowest BCUT2D eigenvalue weighted by molar-refractivity contribution is -0.114. The minimum Gasteiger partial charge on any atom is -0.376 e. The number of guanidine groups is 1. The van der Waals surface area contributed by atoms with Crippen LogP contribution in [0.2, 0.25) is 0 Å². The number of benzene rings is 1. The smallest absolute Gasteiger partial charge is 0.221 e. The van der Waals surface area contributed by atoms with E-state index in [2.05, 4.69) is 22.5 Å². The van der Waals surface area contributed by atoms with Crippen LogP contribution in [0, 0.1) is 0 Å². The molecule has 2 aliphatic rings. The van der Waals surface area contributed by atoms with Crippen LogP contribution in [-0.4, -0.2) is 68.4 Å². The molecular formula is C24H39IN4O3. The molecule has 1 aromatic carbocycles. The van der Waals surface area contributed by atoms with Gasteiger partial charge in [-0.3, -0.25) is 9.79 Å². The fourth-order valence-electron chi connectivity index (χ4n) is 4.09. The first-order valence-corrected chi connectivity index (χ1v) is 11.8. The van der Waals surface area contributed by atoms with Gasteiger partial charge >= 0.3 is 0 Å². The lowest BCUT2D eigenvalue weighted by atomic mass is 10.1. The van der Waals surface area contributed by atoms with Crippen LogP contribution in [0.25, 0.3) is 0 Å². The Morgan fingerprint density at radius 3 is 2.56 bits per heavy atom. The van der Waals surface area contributed by atoms with Gasteiger partial charge in [0.2, 0.25) is 5.91 Å². The number of hydrogen-bond donors (Lipinski definition) is 2. The second kappa shape index (κ2) is 14.7. The number of likely N-dealkylation sites (tertiary alicyclic amines) is 1. The summed E-state index contributed by atoms with van der Waals surface area (Å²) in [5.74, 6) is 0.940. The van der Waals surface area contributed by atoms with Crippen molar-refractivity contribution in [1.82, 2.24) is 10.2 Å². The van der Waals surface area contributed by atoms with Crippen LogP contribution in [0.15, 0.2) is 29.3 Å². The average molecular weight is 559 g/mol. The predicted molar refractivity (Wildman–Crippen MR) is 140 cm³/mol. The van der Waals surface area contributed by atoms with Gasteiger partial charge in [0.05, 0.1) is 18.8 Å². The fraction of sp³-hybridized carbons (Fsp3) is 0.667. The van der Waals surface area contributed by atoms with Gasteiger partial charge in [0.25, 0.3) is 0 Å². The second-order valence-corrected chi connectivity index (χ2v) is 8.37. The third kappa shape index (κ3) is 9.23. The molecule has 180 valence electrons. The monoisotopic (exact) mass is 558 g/mol. The quantitative estimate of drug-likeness (QED) is 0.289. The summed E-state index contributed by atoms with van der Waals surface area (Å²) < 4.78 is 11.9. The van der Waals surface area contributed by atoms with E-state index in [1.807, 2.05) is 24.3 Å². The summed E-state index contributed by atoms with van der Waals surface area (Å²) in [6.45, 7) is 8.77. The Morgan fingerprint density at radius 1 is 1.19 bits per heavy atom. The van der Waals surface area contributed by atoms with Crippen molar-refractivity contribution in [3.8, 4) is 0 Å². The van der Waals surface area contributed by atoms with Crippen molar-refractivity contribution in [1.29, 1.82) is 0 Å². The number of carbonyl (C=O) groups excluding carboxylic acids is 1. The summed E-state index contributed by atoms with van der Waals surface area (Å²) in [6.07, 6.45) is 7.12. The Kier molecular flexibility index (Phi) is 12.3. The van der Waals surface area contributed by atoms with E-state index in [4.69, 9.17) is 14.5 Å². The number of hydrogen-bond acceptors (Lipinski definition) is 4. The molecule has 0 spiro atoms. The largest absolute Gasteiger partial charge is 0.376 e. The van der Waals surface area contributed by atoms with Gasteiger partial charge in [0.1, 0.15) is 0 Å². The van der Waals surface area contributed by atoms with Crippen LogP contribution in [0.4, 0.5) is 5.69 Å². The molecule has 1 atom stereocenters. The number of carbonyl (C=O) groups is 1. The van der Waals surface area contributed by atoms with Gasteiger partial charge in [-0.2, -0.15) is 0 Å². The number of piperidine rings is 1. The lowest BCUT2D eigenvalue weighted by Crippen LogP contribution is -2.47. The van der Waals surface area contributed by atoms with Gasteiger partial charge in [-0.25, -0.2) is 0 Å². The normalized spacial score (nSPS) is 19.9. The molecule has 0 radical (unpaired) electrons. The number of halogens is 1. The van der Waals surface area contributed by atoms with E-state index in [-0.39, 0.29) is 36.0 Å². The summed E-state index contributed by atoms with van der Waals surface area (Å²) in [5, 5.41) is 6.23. The van der Waals surface area contributed by atoms with E-state index in [9.17, 15) is 4.79 Å². The van der Waals surface area contributed by atoms with E-state index in [0.29, 0.717) is 6.10 Å². The maximum Gasteiger partial charge on any atom is 0.221 e. The number of anilines is 1. The maximum atomic E-state index is 11.1. The first kappa shape index (κ1) is 26.9. The van der Waals surface area contributed by atoms with Crippen molar-refractivity contribution in [2.24, 2.45) is 4.99 Å². The highest BCUT2D eigenvalue weighted by molar-refractivity contribution is 14.0. The number of nitrogens with zero attached hydrogens (tertiary/aromatic N) is 2. The number of rotatable bonds is 8. The van der Waals surface area contributed by atoms with Crippen molar-refractivity contribution in [2.45, 2.75) is 64.6 Å². The van der Waals surface area contributed by atoms with Gasteiger partial charge in [-0.05, 0) is 63.1 Å². The van der Waals surface area contributed by atoms with E-state index in [1.165, 1.54) is 25.3 Å². The van der Waals surface area contributed by atoms with Crippen LogP contribution < -0.4 is 10.6 Å². The molecule has 0 saturated carbocycles. The Morgan fingerprint density at radius 2 is 1.94 bits per heavy atom. The fourth-order valence-corrected chi connectivity index (χ4v) is 4.09. The third-order valence-electron chi connectivity index (χ3n) is 5.80. The van der Waals surface area contributed by atoms with Gasteiger partial charge in [-0.1, -0.05) is 12.1 Å². The summed E-state index contributed by atoms with van der Waals surface area (Å²) in [7, 11) is 0. The van der Waals surface area contributed by atoms with E-state index < -0.39 is 0 Å². The van der Waals surface area contributed by atoms with Crippen LogP contribution in [0.1, 0.15) is 51.5 Å². The average Bonchev–Trinajstić information content (AvgIpc) is 2.79. The molecule has 7 nitrogen and oxygen atoms in total. The summed E-state index contributed by atoms with van der Waals surface area (Å²) in [5.41, 5.74) is 2.04. The Balaban J connectivity index is 0.00000363. The molecule has 2 saturated heterocycles. The Hall–Kier alpha value is -1.39. The minimum absolute atomic E-state index is 0. The topological polar surface area (TPSA) is 75.2 Å². The van der Waals surface area contributed by atoms with Crippen LogP contribution in [-0.2, 0) is 20.7 Å². The van der Waals surface area contributed by atoms with Crippen molar-refractivity contribution in [3.05, 3.63) is 29.8 Å². The first-order chi connectivity index (χ1) is 15.1. The highest BCUT2D eigenvalue weighted by Gasteiger charge is 2.23. The van der Waals surface area contributed by atoms with Crippen molar-refractivity contribution in [2.75, 3.05) is 44.7 Å². The lowest BCUT2D eigenvalue weighted by Gasteiger charge is -2.35. The highest BCUT2D eigenvalue weighted by Crippen LogP contribution is 2.18. The molecule has 2 fully saturated rings. The van der Waals surface area contributed by atoms with Gasteiger partial charge in [0, 0.05) is 45.4 Å². The molecule has 2 aliphatic heterocycles. The number of ether oxygens (including phenoxy) is 2. The molecule has 1 amide bonds. The first-order valence-electron chi connectivity index (χ1n) is 11.8. The van der Waals surface area contributed by atoms with Crippen LogP contribution in [0.5, 0.6) is 0 Å². The molecule has 32 heavy (non-hydrogen) atoms. The standard InChI is InChI=1S/C24H38N4O3.HI/c1-3-25-24(26-14-11-20-7-9-21(10-8-20)27-19(2)29)28-15-12-22(13-16-28)31-18-23-6-4-5-17-30-23;/h7-10,22-23H,3-6,11-18H2,1-2H3,(H,25,26)(H,27,29);1H. The molecule has 2 N–H and O–H groups in total. The zero-order chi connectivity index (χ0) is 21.9. The number of aliphatic imine (C=N–C) groups is 1. The molecule has 8 heteroatoms. The summed E-state index contributed by atoms with van der Waals surface area (Å²) in [6, 6.07) is 7.97. The van der Waals surface area contributed by atoms with Crippen molar-refractivity contribution < 1.29 is 14.3 Å². The van der Waals surface area contributed by atoms with Crippen molar-refractivity contribution >= 4 is 41.5 Å². The zero-order valence-corrected chi connectivity index (χ0v) is 21.8. The molecular weight excluding hydrogens is 519 g/mol. The Bertz CT molecular complexity index is 700. The molecule has 1 aromatic rings. The molecule has 0 aromatic heterocycles. The Labute approximate surface area is 209 Å². The van der Waals surface area contributed by atoms with Crippen LogP contribution >= 0.6 is 24.0 Å². The zero-order valence-electron chi connectivity index (χ0n) is 19.5. The molecule has 1 unspecified atom stereocenters. The second-order valence-electron chi connectivity index (χ2n) is 8.37. The van der Waals surface area contributed by atoms with Gasteiger partial charge in [0.15, 0.2) is 5.96 Å². The van der Waals surface area contributed by atoms with E-state index in [1.54, 1.807) is 0 Å². The summed E-state index contributed by atoms with van der Waals surface area (Å²) >= 11 is 0. The third-order valence-corrected chi connectivity index (χ3v) is 5.80. The SMILES string of the molecule is CCNC(=NCCc1ccc(NC(C)=O)cc1)N1CCC(OCC2CCCCO2)CC1.I. The molecule has 0 aliphatic carbocycles. The van der Waals surface area contributed by atoms with E-state index >= 15 is 0 Å². The van der Waals surface area contributed by atoms with Gasteiger partial charge < -0.3 is 25.0 Å². The molecule has 2 heterocycles. The predicted octanol–water partition coefficient (Wildman–Crippen LogP) is 3.82. The van der Waals surface area contributed by atoms with Gasteiger partial charge in [-0.15, -0.1) is 24.0 Å². The highest BCUT2D eigenvalue weighted by atomic mass is 127. The number of nitrogens with one attached hydrogen (secondary N) is 2. The number of amides is 1. The maximum absolute atomic E-state index is 11.1. The minimum atomic E-state index is -0.0517. The molecule has 0 bridgehead atoms. The van der Waals surface area contributed by atoms with E-state index in [0.717, 1.165) is 76.7 Å². The summed E-state index contributed by atoms with van der Waals surface area (Å²) in [4.78, 5) is 18.3. The van der Waals surface area contributed by atoms with Crippen molar-refractivity contribution in [3.63, 3.8) is 0 Å². The van der Waals surface area contributed by atoms with Crippen LogP contribution in [0.3, 0.4) is 0 Å². The molecule has 3 rings (SSSR count).